The maximum absolute atomic E-state index is 12.0. The van der Waals surface area contributed by atoms with Crippen LogP contribution in [0.1, 0.15) is 26.2 Å². The lowest BCUT2D eigenvalue weighted by Gasteiger charge is -2.24. The molecule has 2 aliphatic rings. The molecule has 5 N–H and O–H groups in total. The van der Waals surface area contributed by atoms with E-state index in [1.807, 2.05) is 0 Å². The minimum absolute atomic E-state index is 0.0392. The minimum Gasteiger partial charge on any atom is -0.387 e. The third kappa shape index (κ3) is 4.68. The Labute approximate surface area is 150 Å². The highest BCUT2D eigenvalue weighted by molar-refractivity contribution is 7.47. The van der Waals surface area contributed by atoms with Gasteiger partial charge in [-0.1, -0.05) is 0 Å². The number of rotatable bonds is 10. The summed E-state index contributed by atoms with van der Waals surface area (Å²) in [5, 5.41) is 20.8. The van der Waals surface area contributed by atoms with E-state index in [-0.39, 0.29) is 19.4 Å². The molecule has 6 atom stereocenters. The summed E-state index contributed by atoms with van der Waals surface area (Å²) in [6.07, 6.45) is -2.02. The van der Waals surface area contributed by atoms with Gasteiger partial charge in [-0.3, -0.25) is 18.8 Å². The Kier molecular flexibility index (Phi) is 6.57. The van der Waals surface area contributed by atoms with Crippen LogP contribution in [-0.2, 0) is 27.9 Å². The van der Waals surface area contributed by atoms with E-state index < -0.39 is 43.4 Å². The molecular formula is C14H25N2O9P. The summed E-state index contributed by atoms with van der Waals surface area (Å²) in [6.45, 7) is 1.64. The van der Waals surface area contributed by atoms with Gasteiger partial charge in [-0.2, -0.15) is 0 Å². The van der Waals surface area contributed by atoms with Crippen molar-refractivity contribution < 1.29 is 43.0 Å². The number of hydrogen-bond acceptors (Lipinski definition) is 9. The van der Waals surface area contributed by atoms with Crippen LogP contribution in [0.5, 0.6) is 0 Å². The number of hydrogen-bond donors (Lipinski definition) is 4. The molecule has 2 rings (SSSR count). The number of nitrogens with zero attached hydrogens (tertiary/aromatic N) is 1. The van der Waals surface area contributed by atoms with E-state index in [1.165, 1.54) is 20.2 Å². The molecule has 0 aromatic heterocycles. The first-order valence-corrected chi connectivity index (χ1v) is 9.57. The normalized spacial score (nSPS) is 38.7. The number of aliphatic hydroxyl groups excluding tert-OH is 1. The maximum atomic E-state index is 12.0. The molecule has 1 saturated carbocycles. The van der Waals surface area contributed by atoms with Crippen LogP contribution in [0.4, 0.5) is 0 Å². The van der Waals surface area contributed by atoms with Crippen molar-refractivity contribution in [2.45, 2.75) is 55.8 Å². The molecule has 150 valence electrons. The summed E-state index contributed by atoms with van der Waals surface area (Å²) >= 11 is 0. The van der Waals surface area contributed by atoms with Crippen LogP contribution in [0.25, 0.3) is 0 Å². The first kappa shape index (κ1) is 21.4. The van der Waals surface area contributed by atoms with E-state index in [4.69, 9.17) is 24.3 Å². The molecule has 12 heteroatoms. The number of methoxy groups -OCH3 is 1. The Morgan fingerprint density at radius 3 is 2.81 bits per heavy atom. The van der Waals surface area contributed by atoms with Gasteiger partial charge in [0, 0.05) is 26.4 Å². The molecule has 1 amide bonds. The standard InChI is InChI=1S/C14H25N2O9P/c1-13(19)11(18)14(24-12(13)16-5-4-10(15)17)8-9(14)25-26(20,21)23-7-3-6-22-2/h5,9,11-12,18-19H,3-4,6-8H2,1-2H3,(H2,15,17)(H,20,21). The van der Waals surface area contributed by atoms with E-state index in [1.54, 1.807) is 0 Å². The molecule has 11 nitrogen and oxygen atoms in total. The van der Waals surface area contributed by atoms with Crippen molar-refractivity contribution in [1.29, 1.82) is 0 Å². The summed E-state index contributed by atoms with van der Waals surface area (Å²) in [4.78, 5) is 24.4. The second-order valence-electron chi connectivity index (χ2n) is 6.50. The number of aliphatic imine (C=N–C) groups is 1. The van der Waals surface area contributed by atoms with E-state index in [0.717, 1.165) is 0 Å². The van der Waals surface area contributed by atoms with E-state index in [0.29, 0.717) is 13.0 Å². The SMILES string of the molecule is COCCCOP(=O)(O)OC1CC12OC(N=CCC(N)=O)C(C)(O)C2O. The number of amides is 1. The van der Waals surface area contributed by atoms with Gasteiger partial charge in [-0.25, -0.2) is 4.57 Å². The smallest absolute Gasteiger partial charge is 0.387 e. The molecule has 2 fully saturated rings. The van der Waals surface area contributed by atoms with E-state index in [2.05, 4.69) is 4.99 Å². The highest BCUT2D eigenvalue weighted by Crippen LogP contribution is 2.60. The van der Waals surface area contributed by atoms with Gasteiger partial charge < -0.3 is 30.3 Å². The quantitative estimate of drug-likeness (QED) is 0.207. The predicted octanol–water partition coefficient (Wildman–Crippen LogP) is -0.918. The largest absolute Gasteiger partial charge is 0.472 e. The van der Waals surface area contributed by atoms with Crippen LogP contribution < -0.4 is 5.73 Å². The monoisotopic (exact) mass is 396 g/mol. The average Bonchev–Trinajstić information content (AvgIpc) is 3.17. The number of phosphoric acid groups is 1. The number of phosphoric ester groups is 1. The second-order valence-corrected chi connectivity index (χ2v) is 7.91. The first-order chi connectivity index (χ1) is 12.0. The fourth-order valence-electron chi connectivity index (χ4n) is 2.78. The molecule has 1 heterocycles. The zero-order chi connectivity index (χ0) is 19.6. The van der Waals surface area contributed by atoms with Crippen molar-refractivity contribution in [3.63, 3.8) is 0 Å². The second kappa shape index (κ2) is 7.99. The molecule has 0 radical (unpaired) electrons. The van der Waals surface area contributed by atoms with Gasteiger partial charge in [-0.15, -0.1) is 0 Å². The molecule has 1 saturated heterocycles. The fourth-order valence-corrected chi connectivity index (χ4v) is 3.78. The Morgan fingerprint density at radius 1 is 1.50 bits per heavy atom. The van der Waals surface area contributed by atoms with Gasteiger partial charge in [0.15, 0.2) is 6.23 Å². The topological polar surface area (TPSA) is 170 Å². The van der Waals surface area contributed by atoms with Gasteiger partial charge in [0.2, 0.25) is 5.91 Å². The lowest BCUT2D eigenvalue weighted by molar-refractivity contribution is -0.116. The van der Waals surface area contributed by atoms with E-state index in [9.17, 15) is 24.5 Å². The summed E-state index contributed by atoms with van der Waals surface area (Å²) in [5.41, 5.74) is 1.86. The third-order valence-electron chi connectivity index (χ3n) is 4.28. The zero-order valence-electron chi connectivity index (χ0n) is 14.6. The van der Waals surface area contributed by atoms with Gasteiger partial charge in [0.25, 0.3) is 0 Å². The molecule has 0 aromatic carbocycles. The van der Waals surface area contributed by atoms with Crippen LogP contribution in [0.3, 0.4) is 0 Å². The molecule has 0 aromatic rings. The molecule has 1 aliphatic heterocycles. The minimum atomic E-state index is -4.36. The highest BCUT2D eigenvalue weighted by Gasteiger charge is 2.74. The molecular weight excluding hydrogens is 371 g/mol. The van der Waals surface area contributed by atoms with Crippen LogP contribution in [0, 0.1) is 0 Å². The number of nitrogens with two attached hydrogens (primary N) is 1. The van der Waals surface area contributed by atoms with Crippen molar-refractivity contribution in [2.24, 2.45) is 10.7 Å². The Bertz CT molecular complexity index is 599. The molecule has 1 aliphatic carbocycles. The van der Waals surface area contributed by atoms with Crippen molar-refractivity contribution in [3.05, 3.63) is 0 Å². The number of ether oxygens (including phenoxy) is 2. The van der Waals surface area contributed by atoms with Gasteiger partial charge in [0.05, 0.1) is 13.0 Å². The summed E-state index contributed by atoms with van der Waals surface area (Å²) < 4.78 is 32.2. The van der Waals surface area contributed by atoms with Crippen LogP contribution >= 0.6 is 7.82 Å². The average molecular weight is 396 g/mol. The van der Waals surface area contributed by atoms with Gasteiger partial charge in [-0.05, 0) is 13.3 Å². The summed E-state index contributed by atoms with van der Waals surface area (Å²) in [6, 6.07) is 0. The molecule has 1 spiro atoms. The Hall–Kier alpha value is -0.910. The first-order valence-electron chi connectivity index (χ1n) is 8.08. The Morgan fingerprint density at radius 2 is 2.19 bits per heavy atom. The number of primary amides is 1. The molecule has 0 bridgehead atoms. The summed E-state index contributed by atoms with van der Waals surface area (Å²) in [5.74, 6) is -0.610. The predicted molar refractivity (Wildman–Crippen MR) is 88.3 cm³/mol. The number of aliphatic hydroxyl groups is 2. The lowest BCUT2D eigenvalue weighted by Crippen LogP contribution is -2.46. The number of carbonyl (C=O) groups is 1. The van der Waals surface area contributed by atoms with Gasteiger partial charge in [0.1, 0.15) is 23.4 Å². The fraction of sp³-hybridized carbons (Fsp3) is 0.857. The van der Waals surface area contributed by atoms with Crippen molar-refractivity contribution >= 4 is 19.9 Å². The molecule has 6 unspecified atom stereocenters. The van der Waals surface area contributed by atoms with Crippen LogP contribution in [0.15, 0.2) is 4.99 Å². The Balaban J connectivity index is 1.96. The van der Waals surface area contributed by atoms with Crippen molar-refractivity contribution in [3.8, 4) is 0 Å². The van der Waals surface area contributed by atoms with Crippen LogP contribution in [-0.4, -0.2) is 77.2 Å². The highest BCUT2D eigenvalue weighted by atomic mass is 31.2. The zero-order valence-corrected chi connectivity index (χ0v) is 15.5. The summed E-state index contributed by atoms with van der Waals surface area (Å²) in [7, 11) is -2.86. The maximum Gasteiger partial charge on any atom is 0.472 e. The molecule has 26 heavy (non-hydrogen) atoms. The number of carbonyl (C=O) groups excluding carboxylic acids is 1. The van der Waals surface area contributed by atoms with Crippen molar-refractivity contribution in [2.75, 3.05) is 20.3 Å². The van der Waals surface area contributed by atoms with Crippen LogP contribution in [0.2, 0.25) is 0 Å². The lowest BCUT2D eigenvalue weighted by atomic mass is 9.95. The third-order valence-corrected chi connectivity index (χ3v) is 5.31. The van der Waals surface area contributed by atoms with Crippen molar-refractivity contribution in [1.82, 2.24) is 0 Å². The van der Waals surface area contributed by atoms with E-state index >= 15 is 0 Å². The van der Waals surface area contributed by atoms with Gasteiger partial charge >= 0.3 is 7.82 Å².